The maximum absolute atomic E-state index is 11.5. The number of nitrogens with one attached hydrogen (secondary N) is 1. The summed E-state index contributed by atoms with van der Waals surface area (Å²) in [7, 11) is 0. The first kappa shape index (κ1) is 19.3. The highest BCUT2D eigenvalue weighted by Gasteiger charge is 2.12. The Morgan fingerprint density at radius 1 is 1.28 bits per heavy atom. The largest absolute Gasteiger partial charge is 0.378 e. The number of hydrogen-bond acceptors (Lipinski definition) is 4. The number of amides is 1. The van der Waals surface area contributed by atoms with Gasteiger partial charge in [0.2, 0.25) is 0 Å². The minimum Gasteiger partial charge on any atom is -0.378 e. The highest BCUT2D eigenvalue weighted by molar-refractivity contribution is 6.30. The number of benzene rings is 1. The van der Waals surface area contributed by atoms with Crippen molar-refractivity contribution in [3.05, 3.63) is 58.2 Å². The van der Waals surface area contributed by atoms with Gasteiger partial charge in [0.25, 0.3) is 5.91 Å². The van der Waals surface area contributed by atoms with E-state index in [9.17, 15) is 4.79 Å². The van der Waals surface area contributed by atoms with Crippen molar-refractivity contribution >= 4 is 35.6 Å². The lowest BCUT2D eigenvalue weighted by Gasteiger charge is -2.29. The van der Waals surface area contributed by atoms with Crippen LogP contribution in [0.15, 0.2) is 36.5 Å². The molecule has 0 aliphatic carbocycles. The number of halogens is 2. The van der Waals surface area contributed by atoms with Gasteiger partial charge in [0.05, 0.1) is 23.8 Å². The molecule has 0 bridgehead atoms. The fraction of sp³-hybridized carbons (Fsp3) is 0.294. The molecule has 1 aromatic carbocycles. The van der Waals surface area contributed by atoms with Crippen LogP contribution in [0, 0.1) is 5.41 Å². The normalized spacial score (nSPS) is 14.0. The van der Waals surface area contributed by atoms with Crippen LogP contribution in [0.1, 0.15) is 15.9 Å². The molecule has 1 saturated heterocycles. The van der Waals surface area contributed by atoms with Crippen LogP contribution in [0.4, 0.5) is 5.69 Å². The Morgan fingerprint density at radius 2 is 2.00 bits per heavy atom. The summed E-state index contributed by atoms with van der Waals surface area (Å²) >= 11 is 6.05. The molecule has 1 fully saturated rings. The van der Waals surface area contributed by atoms with Crippen LogP contribution in [0.2, 0.25) is 5.02 Å². The smallest absolute Gasteiger partial charge is 0.252 e. The molecule has 2 heterocycles. The third kappa shape index (κ3) is 4.54. The molecule has 2 aromatic rings. The molecule has 1 amide bonds. The lowest BCUT2D eigenvalue weighted by molar-refractivity contribution is 0.0997. The zero-order valence-corrected chi connectivity index (χ0v) is 15.1. The number of nitrogens with two attached hydrogens (primary N) is 1. The van der Waals surface area contributed by atoms with Crippen molar-refractivity contribution in [3.8, 4) is 0 Å². The van der Waals surface area contributed by atoms with Gasteiger partial charge in [-0.3, -0.25) is 10.2 Å². The van der Waals surface area contributed by atoms with Crippen molar-refractivity contribution in [2.45, 2.75) is 6.54 Å². The molecule has 8 heteroatoms. The van der Waals surface area contributed by atoms with Gasteiger partial charge in [0.1, 0.15) is 5.49 Å². The van der Waals surface area contributed by atoms with Crippen LogP contribution in [-0.2, 0) is 11.3 Å². The number of carbonyl (C=O) groups excluding carboxylic acids is 1. The van der Waals surface area contributed by atoms with E-state index < -0.39 is 5.91 Å². The summed E-state index contributed by atoms with van der Waals surface area (Å²) in [6, 6.07) is 9.55. The number of nitrogens with zero attached hydrogens (tertiary/aromatic N) is 2. The van der Waals surface area contributed by atoms with Gasteiger partial charge < -0.3 is 19.9 Å². The molecule has 0 unspecified atom stereocenters. The van der Waals surface area contributed by atoms with Gasteiger partial charge in [-0.1, -0.05) is 23.7 Å². The maximum Gasteiger partial charge on any atom is 0.252 e. The molecule has 6 nitrogen and oxygen atoms in total. The van der Waals surface area contributed by atoms with Crippen molar-refractivity contribution in [3.63, 3.8) is 0 Å². The maximum atomic E-state index is 11.5. The lowest BCUT2D eigenvalue weighted by atomic mass is 10.1. The molecule has 3 N–H and O–H groups in total. The van der Waals surface area contributed by atoms with E-state index in [4.69, 9.17) is 27.5 Å². The number of anilines is 1. The summed E-state index contributed by atoms with van der Waals surface area (Å²) in [5.41, 5.74) is 7.64. The molecule has 0 spiro atoms. The van der Waals surface area contributed by atoms with Crippen molar-refractivity contribution in [2.75, 3.05) is 31.2 Å². The lowest BCUT2D eigenvalue weighted by Crippen LogP contribution is -2.36. The number of primary amides is 1. The fourth-order valence-electron chi connectivity index (χ4n) is 2.79. The average molecular weight is 383 g/mol. The van der Waals surface area contributed by atoms with E-state index in [0.717, 1.165) is 37.6 Å². The van der Waals surface area contributed by atoms with Crippen molar-refractivity contribution in [1.29, 1.82) is 5.41 Å². The standard InChI is InChI=1S/C17H19ClN4O2.ClH/c18-13-9-15(17(20)23)16(19)22(11-13)10-12-2-1-3-14(8-12)21-4-6-24-7-5-21;/h1-3,8-9,11,19H,4-7,10H2,(H2,20,23);1H. The highest BCUT2D eigenvalue weighted by atomic mass is 35.5. The summed E-state index contributed by atoms with van der Waals surface area (Å²) in [6.07, 6.45) is 1.64. The monoisotopic (exact) mass is 382 g/mol. The average Bonchev–Trinajstić information content (AvgIpc) is 2.58. The summed E-state index contributed by atoms with van der Waals surface area (Å²) in [6.45, 7) is 3.63. The molecule has 25 heavy (non-hydrogen) atoms. The van der Waals surface area contributed by atoms with E-state index >= 15 is 0 Å². The number of pyridine rings is 1. The SMILES string of the molecule is Cl.N=c1c(C(N)=O)cc(Cl)cn1Cc1cccc(N2CCOCC2)c1. The second kappa shape index (κ2) is 8.38. The van der Waals surface area contributed by atoms with Crippen LogP contribution in [-0.4, -0.2) is 36.8 Å². The number of hydrogen-bond donors (Lipinski definition) is 2. The second-order valence-electron chi connectivity index (χ2n) is 5.68. The summed E-state index contributed by atoms with van der Waals surface area (Å²) in [5, 5.41) is 8.53. The number of ether oxygens (including phenoxy) is 1. The molecule has 134 valence electrons. The Labute approximate surface area is 157 Å². The van der Waals surface area contributed by atoms with Gasteiger partial charge >= 0.3 is 0 Å². The first-order valence-electron chi connectivity index (χ1n) is 7.70. The zero-order valence-electron chi connectivity index (χ0n) is 13.6. The Balaban J connectivity index is 0.00000225. The van der Waals surface area contributed by atoms with E-state index in [2.05, 4.69) is 17.0 Å². The minimum absolute atomic E-state index is 0. The predicted octanol–water partition coefficient (Wildman–Crippen LogP) is 2.03. The summed E-state index contributed by atoms with van der Waals surface area (Å²) in [5.74, 6) is -0.654. The highest BCUT2D eigenvalue weighted by Crippen LogP contribution is 2.18. The van der Waals surface area contributed by atoms with Gasteiger partial charge in [0.15, 0.2) is 0 Å². The molecule has 1 aliphatic heterocycles. The molecular formula is C17H20Cl2N4O2. The van der Waals surface area contributed by atoms with Crippen LogP contribution in [0.3, 0.4) is 0 Å². The number of aromatic nitrogens is 1. The molecule has 0 radical (unpaired) electrons. The Kier molecular flexibility index (Phi) is 6.47. The van der Waals surface area contributed by atoms with E-state index in [1.54, 1.807) is 10.8 Å². The van der Waals surface area contributed by atoms with E-state index in [1.165, 1.54) is 6.07 Å². The Hall–Kier alpha value is -2.02. The number of rotatable bonds is 4. The predicted molar refractivity (Wildman–Crippen MR) is 99.6 cm³/mol. The second-order valence-corrected chi connectivity index (χ2v) is 6.12. The van der Waals surface area contributed by atoms with Gasteiger partial charge in [-0.25, -0.2) is 0 Å². The first-order chi connectivity index (χ1) is 11.5. The van der Waals surface area contributed by atoms with Gasteiger partial charge in [-0.2, -0.15) is 0 Å². The zero-order chi connectivity index (χ0) is 17.1. The molecular weight excluding hydrogens is 363 g/mol. The third-order valence-corrected chi connectivity index (χ3v) is 4.22. The summed E-state index contributed by atoms with van der Waals surface area (Å²) < 4.78 is 7.01. The van der Waals surface area contributed by atoms with Crippen LogP contribution >= 0.6 is 24.0 Å². The van der Waals surface area contributed by atoms with Crippen molar-refractivity contribution in [2.24, 2.45) is 5.73 Å². The van der Waals surface area contributed by atoms with Crippen LogP contribution in [0.25, 0.3) is 0 Å². The molecule has 3 rings (SSSR count). The topological polar surface area (TPSA) is 84.3 Å². The van der Waals surface area contributed by atoms with Crippen LogP contribution < -0.4 is 16.1 Å². The van der Waals surface area contributed by atoms with Crippen LogP contribution in [0.5, 0.6) is 0 Å². The minimum atomic E-state index is -0.654. The molecule has 0 saturated carbocycles. The van der Waals surface area contributed by atoms with Crippen molar-refractivity contribution < 1.29 is 9.53 Å². The molecule has 1 aromatic heterocycles. The third-order valence-electron chi connectivity index (χ3n) is 4.01. The summed E-state index contributed by atoms with van der Waals surface area (Å²) in [4.78, 5) is 13.7. The van der Waals surface area contributed by atoms with Gasteiger partial charge in [-0.15, -0.1) is 12.4 Å². The number of morpholine rings is 1. The Morgan fingerprint density at radius 3 is 2.68 bits per heavy atom. The first-order valence-corrected chi connectivity index (χ1v) is 8.08. The molecule has 0 atom stereocenters. The van der Waals surface area contributed by atoms with Crippen molar-refractivity contribution in [1.82, 2.24) is 4.57 Å². The van der Waals surface area contributed by atoms with E-state index in [1.807, 2.05) is 12.1 Å². The Bertz CT molecular complexity index is 817. The quantitative estimate of drug-likeness (QED) is 0.847. The van der Waals surface area contributed by atoms with E-state index in [-0.39, 0.29) is 23.5 Å². The number of carbonyl (C=O) groups is 1. The molecule has 1 aliphatic rings. The van der Waals surface area contributed by atoms with Gasteiger partial charge in [-0.05, 0) is 23.8 Å². The van der Waals surface area contributed by atoms with Gasteiger partial charge in [0, 0.05) is 31.5 Å². The van der Waals surface area contributed by atoms with E-state index in [0.29, 0.717) is 11.6 Å². The fourth-order valence-corrected chi connectivity index (χ4v) is 3.02.